The van der Waals surface area contributed by atoms with Gasteiger partial charge in [0, 0.05) is 11.8 Å². The van der Waals surface area contributed by atoms with Gasteiger partial charge < -0.3 is 10.2 Å². The maximum Gasteiger partial charge on any atom is 0.337 e. The van der Waals surface area contributed by atoms with E-state index in [9.17, 15) is 9.90 Å². The molecule has 0 aliphatic carbocycles. The van der Waals surface area contributed by atoms with Crippen molar-refractivity contribution < 1.29 is 15.0 Å². The normalized spacial score (nSPS) is 12.4. The van der Waals surface area contributed by atoms with E-state index in [1.165, 1.54) is 0 Å². The fraction of sp³-hybridized carbons (Fsp3) is 0.417. The number of benzene rings is 1. The maximum absolute atomic E-state index is 10.8. The van der Waals surface area contributed by atoms with Crippen molar-refractivity contribution in [2.24, 2.45) is 0 Å². The number of rotatable bonds is 6. The van der Waals surface area contributed by atoms with Gasteiger partial charge in [-0.05, 0) is 29.5 Å². The van der Waals surface area contributed by atoms with E-state index in [-0.39, 0.29) is 0 Å². The van der Waals surface area contributed by atoms with Crippen LogP contribution < -0.4 is 0 Å². The number of alkyl halides is 2. The summed E-state index contributed by atoms with van der Waals surface area (Å²) in [5, 5.41) is 18.4. The fourth-order valence-electron chi connectivity index (χ4n) is 1.62. The van der Waals surface area contributed by atoms with E-state index in [0.29, 0.717) is 23.7 Å². The van der Waals surface area contributed by atoms with Gasteiger partial charge in [0.05, 0.1) is 0 Å². The molecule has 1 atom stereocenters. The highest BCUT2D eigenvalue weighted by atomic mass is 35.5. The van der Waals surface area contributed by atoms with Crippen LogP contribution in [-0.2, 0) is 17.1 Å². The predicted octanol–water partition coefficient (Wildman–Crippen LogP) is 2.71. The zero-order valence-electron chi connectivity index (χ0n) is 9.20. The van der Waals surface area contributed by atoms with Crippen molar-refractivity contribution in [1.29, 1.82) is 0 Å². The number of aryl methyl sites for hydroxylation is 1. The molecule has 2 N–H and O–H groups in total. The molecule has 94 valence electrons. The Kier molecular flexibility index (Phi) is 5.75. The van der Waals surface area contributed by atoms with Gasteiger partial charge in [-0.3, -0.25) is 0 Å². The monoisotopic (exact) mass is 276 g/mol. The third kappa shape index (κ3) is 3.87. The van der Waals surface area contributed by atoms with Gasteiger partial charge in [-0.25, -0.2) is 4.79 Å². The van der Waals surface area contributed by atoms with E-state index in [1.807, 2.05) is 6.07 Å². The van der Waals surface area contributed by atoms with Gasteiger partial charge in [0.15, 0.2) is 6.10 Å². The SMILES string of the molecule is O=C(O)C(O)c1ccc(CCl)cc1CCCCl. The lowest BCUT2D eigenvalue weighted by molar-refractivity contribution is -0.147. The second-order valence-corrected chi connectivity index (χ2v) is 4.35. The lowest BCUT2D eigenvalue weighted by Crippen LogP contribution is -2.13. The summed E-state index contributed by atoms with van der Waals surface area (Å²) >= 11 is 11.3. The van der Waals surface area contributed by atoms with Crippen LogP contribution in [0.25, 0.3) is 0 Å². The first-order valence-electron chi connectivity index (χ1n) is 5.24. The number of hydrogen-bond donors (Lipinski definition) is 2. The van der Waals surface area contributed by atoms with Crippen molar-refractivity contribution >= 4 is 29.2 Å². The number of halogens is 2. The molecule has 1 rings (SSSR count). The Hall–Kier alpha value is -0.770. The maximum atomic E-state index is 10.8. The molecule has 0 amide bonds. The van der Waals surface area contributed by atoms with Gasteiger partial charge in [0.1, 0.15) is 0 Å². The van der Waals surface area contributed by atoms with Crippen LogP contribution in [0, 0.1) is 0 Å². The summed E-state index contributed by atoms with van der Waals surface area (Å²) in [4.78, 5) is 10.8. The summed E-state index contributed by atoms with van der Waals surface area (Å²) < 4.78 is 0. The third-order valence-corrected chi connectivity index (χ3v) is 3.05. The second kappa shape index (κ2) is 6.84. The number of carboxylic acids is 1. The molecule has 0 saturated carbocycles. The Labute approximate surface area is 110 Å². The minimum atomic E-state index is -1.50. The van der Waals surface area contributed by atoms with Gasteiger partial charge in [0.2, 0.25) is 0 Å². The average Bonchev–Trinajstić information content (AvgIpc) is 2.34. The molecule has 5 heteroatoms. The number of carbonyl (C=O) groups is 1. The van der Waals surface area contributed by atoms with Crippen molar-refractivity contribution in [3.63, 3.8) is 0 Å². The zero-order chi connectivity index (χ0) is 12.8. The van der Waals surface area contributed by atoms with E-state index in [0.717, 1.165) is 17.5 Å². The molecule has 17 heavy (non-hydrogen) atoms. The van der Waals surface area contributed by atoms with Crippen molar-refractivity contribution in [1.82, 2.24) is 0 Å². The lowest BCUT2D eigenvalue weighted by atomic mass is 9.97. The predicted molar refractivity (Wildman–Crippen MR) is 67.6 cm³/mol. The summed E-state index contributed by atoms with van der Waals surface area (Å²) in [5.41, 5.74) is 2.10. The highest BCUT2D eigenvalue weighted by Gasteiger charge is 2.19. The van der Waals surface area contributed by atoms with Crippen LogP contribution in [0.3, 0.4) is 0 Å². The molecule has 0 aliphatic rings. The largest absolute Gasteiger partial charge is 0.479 e. The molecule has 1 unspecified atom stereocenters. The summed E-state index contributed by atoms with van der Waals surface area (Å²) in [6.07, 6.45) is -0.134. The standard InChI is InChI=1S/C12H14Cl2O3/c13-5-1-2-9-6-8(7-14)3-4-10(9)11(15)12(16)17/h3-4,6,11,15H,1-2,5,7H2,(H,16,17). The molecule has 3 nitrogen and oxygen atoms in total. The topological polar surface area (TPSA) is 57.5 Å². The fourth-order valence-corrected chi connectivity index (χ4v) is 1.92. The molecular weight excluding hydrogens is 263 g/mol. The quantitative estimate of drug-likeness (QED) is 0.786. The Morgan fingerprint density at radius 3 is 2.59 bits per heavy atom. The number of hydrogen-bond acceptors (Lipinski definition) is 2. The molecule has 1 aromatic rings. The van der Waals surface area contributed by atoms with Gasteiger partial charge in [-0.2, -0.15) is 0 Å². The minimum absolute atomic E-state index is 0.358. The molecule has 0 aromatic heterocycles. The van der Waals surface area contributed by atoms with Gasteiger partial charge >= 0.3 is 5.97 Å². The smallest absolute Gasteiger partial charge is 0.337 e. The number of aliphatic hydroxyl groups excluding tert-OH is 1. The molecule has 0 radical (unpaired) electrons. The number of carboxylic acid groups (broad SMARTS) is 1. The van der Waals surface area contributed by atoms with Crippen LogP contribution in [-0.4, -0.2) is 22.1 Å². The molecule has 0 saturated heterocycles. The first kappa shape index (κ1) is 14.3. The number of aliphatic carboxylic acids is 1. The first-order chi connectivity index (χ1) is 8.10. The van der Waals surface area contributed by atoms with Gasteiger partial charge in [0.25, 0.3) is 0 Å². The van der Waals surface area contributed by atoms with Crippen molar-refractivity contribution in [3.8, 4) is 0 Å². The van der Waals surface area contributed by atoms with E-state index in [2.05, 4.69) is 0 Å². The molecule has 0 aliphatic heterocycles. The summed E-state index contributed by atoms with van der Waals surface area (Å²) in [5.74, 6) is -0.402. The first-order valence-corrected chi connectivity index (χ1v) is 6.31. The van der Waals surface area contributed by atoms with Crippen LogP contribution in [0.15, 0.2) is 18.2 Å². The van der Waals surface area contributed by atoms with Gasteiger partial charge in [-0.15, -0.1) is 23.2 Å². The Balaban J connectivity index is 3.05. The van der Waals surface area contributed by atoms with Crippen LogP contribution in [0.1, 0.15) is 29.2 Å². The summed E-state index contributed by atoms with van der Waals surface area (Å²) in [7, 11) is 0. The van der Waals surface area contributed by atoms with E-state index >= 15 is 0 Å². The van der Waals surface area contributed by atoms with Crippen LogP contribution in [0.4, 0.5) is 0 Å². The lowest BCUT2D eigenvalue weighted by Gasteiger charge is -2.13. The van der Waals surface area contributed by atoms with E-state index in [4.69, 9.17) is 28.3 Å². The highest BCUT2D eigenvalue weighted by Crippen LogP contribution is 2.22. The molecular formula is C12H14Cl2O3. The molecule has 0 spiro atoms. The Morgan fingerprint density at radius 2 is 2.06 bits per heavy atom. The average molecular weight is 277 g/mol. The number of aliphatic hydroxyl groups is 1. The zero-order valence-corrected chi connectivity index (χ0v) is 10.7. The second-order valence-electron chi connectivity index (χ2n) is 3.70. The Bertz CT molecular complexity index is 393. The molecule has 1 aromatic carbocycles. The van der Waals surface area contributed by atoms with Crippen LogP contribution >= 0.6 is 23.2 Å². The van der Waals surface area contributed by atoms with Crippen molar-refractivity contribution in [2.75, 3.05) is 5.88 Å². The minimum Gasteiger partial charge on any atom is -0.479 e. The van der Waals surface area contributed by atoms with Crippen LogP contribution in [0.2, 0.25) is 0 Å². The Morgan fingerprint density at radius 1 is 1.35 bits per heavy atom. The molecule has 0 fully saturated rings. The van der Waals surface area contributed by atoms with E-state index in [1.54, 1.807) is 12.1 Å². The van der Waals surface area contributed by atoms with Gasteiger partial charge in [-0.1, -0.05) is 18.2 Å². The van der Waals surface area contributed by atoms with Crippen LogP contribution in [0.5, 0.6) is 0 Å². The third-order valence-electron chi connectivity index (χ3n) is 2.47. The summed E-state index contributed by atoms with van der Waals surface area (Å²) in [6.45, 7) is 0. The van der Waals surface area contributed by atoms with Crippen molar-refractivity contribution in [2.45, 2.75) is 24.8 Å². The molecule has 0 bridgehead atoms. The van der Waals surface area contributed by atoms with Crippen molar-refractivity contribution in [3.05, 3.63) is 34.9 Å². The summed E-state index contributed by atoms with van der Waals surface area (Å²) in [6, 6.07) is 5.15. The molecule has 0 heterocycles. The highest BCUT2D eigenvalue weighted by molar-refractivity contribution is 6.17. The van der Waals surface area contributed by atoms with E-state index < -0.39 is 12.1 Å².